The van der Waals surface area contributed by atoms with E-state index in [0.29, 0.717) is 19.5 Å². The predicted octanol–water partition coefficient (Wildman–Crippen LogP) is 2.74. The minimum atomic E-state index is -0.487. The highest BCUT2D eigenvalue weighted by atomic mass is 16.5. The summed E-state index contributed by atoms with van der Waals surface area (Å²) in [6.45, 7) is 1.43. The maximum absolute atomic E-state index is 12.8. The predicted molar refractivity (Wildman–Crippen MR) is 101 cm³/mol. The van der Waals surface area contributed by atoms with Crippen LogP contribution < -0.4 is 5.32 Å². The minimum absolute atomic E-state index is 0.0274. The van der Waals surface area contributed by atoms with E-state index in [-0.39, 0.29) is 24.5 Å². The van der Waals surface area contributed by atoms with E-state index in [0.717, 1.165) is 0 Å². The molecule has 2 aliphatic rings. The molecule has 0 radical (unpaired) electrons. The van der Waals surface area contributed by atoms with Gasteiger partial charge >= 0.3 is 11.9 Å². The van der Waals surface area contributed by atoms with Gasteiger partial charge in [-0.15, -0.1) is 0 Å². The number of ether oxygens (including phenoxy) is 2. The minimum Gasteiger partial charge on any atom is -0.469 e. The normalized spacial score (nSPS) is 21.2. The highest BCUT2D eigenvalue weighted by Crippen LogP contribution is 2.44. The van der Waals surface area contributed by atoms with Gasteiger partial charge in [0.05, 0.1) is 18.9 Å². The molecule has 4 rings (SSSR count). The van der Waals surface area contributed by atoms with Crippen LogP contribution in [0.25, 0.3) is 11.1 Å². The fourth-order valence-corrected chi connectivity index (χ4v) is 4.25. The Hall–Kier alpha value is -2.66. The number of piperidine rings is 1. The lowest BCUT2D eigenvalue weighted by Gasteiger charge is -2.29. The van der Waals surface area contributed by atoms with Gasteiger partial charge in [0.2, 0.25) is 0 Å². The second kappa shape index (κ2) is 7.53. The molecule has 1 aliphatic carbocycles. The topological polar surface area (TPSA) is 64.6 Å². The molecule has 1 saturated heterocycles. The first-order valence-electron chi connectivity index (χ1n) is 9.34. The average molecular weight is 365 g/mol. The number of hydrogen-bond acceptors (Lipinski definition) is 5. The van der Waals surface area contributed by atoms with Gasteiger partial charge in [-0.3, -0.25) is 9.59 Å². The van der Waals surface area contributed by atoms with Crippen molar-refractivity contribution in [2.75, 3.05) is 26.8 Å². The molecule has 0 saturated carbocycles. The number of methoxy groups -OCH3 is 1. The number of hydrogen-bond donors (Lipinski definition) is 1. The number of carbonyl (C=O) groups is 2. The van der Waals surface area contributed by atoms with Crippen molar-refractivity contribution in [3.8, 4) is 11.1 Å². The lowest BCUT2D eigenvalue weighted by atomic mass is 9.86. The van der Waals surface area contributed by atoms with E-state index in [4.69, 9.17) is 9.47 Å². The molecule has 27 heavy (non-hydrogen) atoms. The van der Waals surface area contributed by atoms with Crippen molar-refractivity contribution in [3.05, 3.63) is 59.7 Å². The molecule has 0 amide bonds. The first-order chi connectivity index (χ1) is 13.2. The zero-order valence-electron chi connectivity index (χ0n) is 15.3. The van der Waals surface area contributed by atoms with Crippen LogP contribution in [0.3, 0.4) is 0 Å². The van der Waals surface area contributed by atoms with Gasteiger partial charge in [-0.05, 0) is 35.2 Å². The maximum atomic E-state index is 12.8. The van der Waals surface area contributed by atoms with Crippen molar-refractivity contribution in [2.24, 2.45) is 11.8 Å². The summed E-state index contributed by atoms with van der Waals surface area (Å²) >= 11 is 0. The van der Waals surface area contributed by atoms with Crippen molar-refractivity contribution in [1.82, 2.24) is 5.32 Å². The Morgan fingerprint density at radius 2 is 1.59 bits per heavy atom. The molecule has 5 nitrogen and oxygen atoms in total. The second-order valence-electron chi connectivity index (χ2n) is 7.09. The van der Waals surface area contributed by atoms with Crippen molar-refractivity contribution < 1.29 is 19.1 Å². The van der Waals surface area contributed by atoms with Crippen molar-refractivity contribution in [3.63, 3.8) is 0 Å². The van der Waals surface area contributed by atoms with Crippen LogP contribution in [0.5, 0.6) is 0 Å². The van der Waals surface area contributed by atoms with Gasteiger partial charge in [-0.2, -0.15) is 0 Å². The molecule has 2 atom stereocenters. The largest absolute Gasteiger partial charge is 0.469 e. The molecule has 1 aliphatic heterocycles. The van der Waals surface area contributed by atoms with Gasteiger partial charge in [0, 0.05) is 12.5 Å². The van der Waals surface area contributed by atoms with E-state index in [1.54, 1.807) is 0 Å². The van der Waals surface area contributed by atoms with Crippen molar-refractivity contribution in [2.45, 2.75) is 12.3 Å². The summed E-state index contributed by atoms with van der Waals surface area (Å²) < 4.78 is 10.6. The lowest BCUT2D eigenvalue weighted by molar-refractivity contribution is -0.160. The molecule has 2 unspecified atom stereocenters. The van der Waals surface area contributed by atoms with Gasteiger partial charge in [0.15, 0.2) is 0 Å². The summed E-state index contributed by atoms with van der Waals surface area (Å²) in [5.41, 5.74) is 4.76. The summed E-state index contributed by atoms with van der Waals surface area (Å²) in [6.07, 6.45) is 0.580. The SMILES string of the molecule is COC(=O)C1CNCCC1C(=O)OCC1c2ccccc2-c2ccccc21. The number of nitrogens with one attached hydrogen (secondary N) is 1. The second-order valence-corrected chi connectivity index (χ2v) is 7.09. The van der Waals surface area contributed by atoms with Crippen LogP contribution in [-0.2, 0) is 19.1 Å². The standard InChI is InChI=1S/C22H23NO4/c1-26-21(24)19-12-23-11-10-18(19)22(25)27-13-20-16-8-4-2-6-14(16)15-7-3-5-9-17(15)20/h2-9,18-20,23H,10-13H2,1H3. The molecule has 2 aromatic rings. The van der Waals surface area contributed by atoms with Crippen LogP contribution in [0.2, 0.25) is 0 Å². The smallest absolute Gasteiger partial charge is 0.310 e. The number of rotatable bonds is 4. The van der Waals surface area contributed by atoms with E-state index < -0.39 is 11.8 Å². The van der Waals surface area contributed by atoms with Gasteiger partial charge in [0.1, 0.15) is 6.61 Å². The first kappa shape index (κ1) is 17.7. The van der Waals surface area contributed by atoms with Gasteiger partial charge in [-0.25, -0.2) is 0 Å². The van der Waals surface area contributed by atoms with Crippen LogP contribution in [0.4, 0.5) is 0 Å². The fourth-order valence-electron chi connectivity index (χ4n) is 4.25. The summed E-state index contributed by atoms with van der Waals surface area (Å²) in [4.78, 5) is 24.8. The molecule has 5 heteroatoms. The van der Waals surface area contributed by atoms with E-state index in [2.05, 4.69) is 29.6 Å². The molecule has 2 aromatic carbocycles. The summed E-state index contributed by atoms with van der Waals surface area (Å²) in [5.74, 6) is -1.58. The van der Waals surface area contributed by atoms with Crippen LogP contribution in [-0.4, -0.2) is 38.7 Å². The van der Waals surface area contributed by atoms with Crippen molar-refractivity contribution >= 4 is 11.9 Å². The molecule has 1 N–H and O–H groups in total. The first-order valence-corrected chi connectivity index (χ1v) is 9.34. The quantitative estimate of drug-likeness (QED) is 0.844. The van der Waals surface area contributed by atoms with Crippen LogP contribution in [0, 0.1) is 11.8 Å². The Morgan fingerprint density at radius 1 is 0.963 bits per heavy atom. The fraction of sp³-hybridized carbons (Fsp3) is 0.364. The Morgan fingerprint density at radius 3 is 2.22 bits per heavy atom. The van der Waals surface area contributed by atoms with Crippen LogP contribution in [0.1, 0.15) is 23.5 Å². The number of esters is 2. The molecule has 140 valence electrons. The van der Waals surface area contributed by atoms with E-state index >= 15 is 0 Å². The Labute approximate surface area is 158 Å². The third kappa shape index (κ3) is 3.23. The van der Waals surface area contributed by atoms with E-state index in [9.17, 15) is 9.59 Å². The molecular formula is C22H23NO4. The monoisotopic (exact) mass is 365 g/mol. The summed E-state index contributed by atoms with van der Waals surface area (Å²) in [5, 5.41) is 3.15. The molecule has 0 bridgehead atoms. The third-order valence-electron chi connectivity index (χ3n) is 5.64. The van der Waals surface area contributed by atoms with Gasteiger partial charge < -0.3 is 14.8 Å². The van der Waals surface area contributed by atoms with Crippen molar-refractivity contribution in [1.29, 1.82) is 0 Å². The number of carbonyl (C=O) groups excluding carboxylic acids is 2. The molecule has 0 aromatic heterocycles. The van der Waals surface area contributed by atoms with E-state index in [1.165, 1.54) is 29.4 Å². The Balaban J connectivity index is 1.51. The maximum Gasteiger partial charge on any atom is 0.310 e. The zero-order chi connectivity index (χ0) is 18.8. The summed E-state index contributed by atoms with van der Waals surface area (Å²) in [7, 11) is 1.35. The Kier molecular flexibility index (Phi) is 4.94. The number of benzene rings is 2. The van der Waals surface area contributed by atoms with Crippen LogP contribution in [0.15, 0.2) is 48.5 Å². The third-order valence-corrected chi connectivity index (χ3v) is 5.64. The van der Waals surface area contributed by atoms with E-state index in [1.807, 2.05) is 24.3 Å². The van der Waals surface area contributed by atoms with Gasteiger partial charge in [0.25, 0.3) is 0 Å². The van der Waals surface area contributed by atoms with Gasteiger partial charge in [-0.1, -0.05) is 48.5 Å². The number of fused-ring (bicyclic) bond motifs is 3. The zero-order valence-corrected chi connectivity index (χ0v) is 15.3. The molecule has 1 heterocycles. The highest BCUT2D eigenvalue weighted by Gasteiger charge is 2.38. The highest BCUT2D eigenvalue weighted by molar-refractivity contribution is 5.83. The summed E-state index contributed by atoms with van der Waals surface area (Å²) in [6, 6.07) is 16.5. The lowest BCUT2D eigenvalue weighted by Crippen LogP contribution is -2.45. The molecule has 1 fully saturated rings. The van der Waals surface area contributed by atoms with Crippen LogP contribution >= 0.6 is 0 Å². The average Bonchev–Trinajstić information content (AvgIpc) is 3.05. The molecular weight excluding hydrogens is 342 g/mol. The Bertz CT molecular complexity index is 817. The molecule has 0 spiro atoms.